The van der Waals surface area contributed by atoms with E-state index in [-0.39, 0.29) is 22.7 Å². The molecule has 1 heterocycles. The Morgan fingerprint density at radius 2 is 2.16 bits per heavy atom. The van der Waals surface area contributed by atoms with E-state index in [4.69, 9.17) is 9.25 Å². The molecular formula is C13H11NO5. The lowest BCUT2D eigenvalue weighted by molar-refractivity contribution is -0.123. The molecule has 0 aliphatic rings. The Labute approximate surface area is 107 Å². The van der Waals surface area contributed by atoms with Gasteiger partial charge in [0.1, 0.15) is 11.3 Å². The molecule has 1 aromatic heterocycles. The summed E-state index contributed by atoms with van der Waals surface area (Å²) in [6.07, 6.45) is 0. The number of amides is 1. The predicted octanol–water partition coefficient (Wildman–Crippen LogP) is 1.48. The molecule has 2 aromatic rings. The molecule has 0 unspecified atom stereocenters. The number of hydroxylamine groups is 1. The van der Waals surface area contributed by atoms with Crippen LogP contribution in [0.2, 0.25) is 0 Å². The maximum Gasteiger partial charge on any atom is 0.340 e. The lowest BCUT2D eigenvalue weighted by Crippen LogP contribution is -2.27. The fraction of sp³-hybridized carbons (Fsp3) is 0.0769. The van der Waals surface area contributed by atoms with Crippen LogP contribution in [0.4, 0.5) is 0 Å². The smallest absolute Gasteiger partial charge is 0.340 e. The van der Waals surface area contributed by atoms with Gasteiger partial charge in [0.15, 0.2) is 5.75 Å². The molecule has 0 bridgehead atoms. The summed E-state index contributed by atoms with van der Waals surface area (Å²) in [6, 6.07) is 5.30. The number of hydrogen-bond acceptors (Lipinski definition) is 5. The second-order valence-electron chi connectivity index (χ2n) is 3.92. The molecular weight excluding hydrogens is 250 g/mol. The Balaban J connectivity index is 2.40. The van der Waals surface area contributed by atoms with Gasteiger partial charge < -0.3 is 14.4 Å². The van der Waals surface area contributed by atoms with Gasteiger partial charge in [-0.1, -0.05) is 6.58 Å². The quantitative estimate of drug-likeness (QED) is 0.496. The SMILES string of the molecule is C=C(C)C(=O)NOc1cc(=O)oc2cc(O)ccc12. The zero-order valence-electron chi connectivity index (χ0n) is 10.1. The third-order valence-electron chi connectivity index (χ3n) is 2.33. The highest BCUT2D eigenvalue weighted by molar-refractivity contribution is 5.91. The average Bonchev–Trinajstić information content (AvgIpc) is 2.34. The van der Waals surface area contributed by atoms with Crippen LogP contribution in [-0.4, -0.2) is 11.0 Å². The van der Waals surface area contributed by atoms with Crippen molar-refractivity contribution in [3.63, 3.8) is 0 Å². The van der Waals surface area contributed by atoms with Gasteiger partial charge in [-0.15, -0.1) is 0 Å². The van der Waals surface area contributed by atoms with Gasteiger partial charge in [-0.05, 0) is 19.1 Å². The van der Waals surface area contributed by atoms with E-state index in [0.717, 1.165) is 6.07 Å². The van der Waals surface area contributed by atoms with E-state index < -0.39 is 11.5 Å². The number of rotatable bonds is 3. The molecule has 2 rings (SSSR count). The van der Waals surface area contributed by atoms with Crippen LogP contribution in [0.1, 0.15) is 6.92 Å². The molecule has 0 aliphatic heterocycles. The molecule has 6 nitrogen and oxygen atoms in total. The summed E-state index contributed by atoms with van der Waals surface area (Å²) in [6.45, 7) is 4.98. The van der Waals surface area contributed by atoms with Crippen molar-refractivity contribution in [3.05, 3.63) is 46.8 Å². The van der Waals surface area contributed by atoms with Crippen LogP contribution in [0.5, 0.6) is 11.5 Å². The fourth-order valence-corrected chi connectivity index (χ4v) is 1.39. The molecule has 1 aromatic carbocycles. The van der Waals surface area contributed by atoms with Gasteiger partial charge in [0.05, 0.1) is 11.5 Å². The van der Waals surface area contributed by atoms with E-state index in [9.17, 15) is 14.7 Å². The molecule has 2 N–H and O–H groups in total. The highest BCUT2D eigenvalue weighted by Gasteiger charge is 2.09. The molecule has 0 radical (unpaired) electrons. The minimum Gasteiger partial charge on any atom is -0.508 e. The number of carbonyl (C=O) groups is 1. The maximum atomic E-state index is 11.3. The summed E-state index contributed by atoms with van der Waals surface area (Å²) in [5, 5.41) is 9.76. The Bertz CT molecular complexity index is 717. The molecule has 19 heavy (non-hydrogen) atoms. The van der Waals surface area contributed by atoms with Crippen LogP contribution in [0, 0.1) is 0 Å². The number of carbonyl (C=O) groups excluding carboxylic acids is 1. The minimum absolute atomic E-state index is 0.0428. The summed E-state index contributed by atoms with van der Waals surface area (Å²) in [4.78, 5) is 27.7. The standard InChI is InChI=1S/C13H11NO5/c1-7(2)13(17)14-19-11-6-12(16)18-10-5-8(15)3-4-9(10)11/h3-6,15H,1H2,2H3,(H,14,17). The van der Waals surface area contributed by atoms with E-state index in [1.165, 1.54) is 25.1 Å². The van der Waals surface area contributed by atoms with Crippen molar-refractivity contribution in [1.82, 2.24) is 5.48 Å². The van der Waals surface area contributed by atoms with Crippen molar-refractivity contribution >= 4 is 16.9 Å². The highest BCUT2D eigenvalue weighted by atomic mass is 16.7. The van der Waals surface area contributed by atoms with Gasteiger partial charge in [-0.3, -0.25) is 4.79 Å². The molecule has 0 saturated carbocycles. The summed E-state index contributed by atoms with van der Waals surface area (Å²) >= 11 is 0. The zero-order chi connectivity index (χ0) is 14.0. The van der Waals surface area contributed by atoms with E-state index in [1.807, 2.05) is 0 Å². The summed E-state index contributed by atoms with van der Waals surface area (Å²) in [7, 11) is 0. The lowest BCUT2D eigenvalue weighted by Gasteiger charge is -2.08. The van der Waals surface area contributed by atoms with Crippen molar-refractivity contribution in [2.45, 2.75) is 6.92 Å². The average molecular weight is 261 g/mol. The Morgan fingerprint density at radius 3 is 2.84 bits per heavy atom. The topological polar surface area (TPSA) is 88.8 Å². The maximum absolute atomic E-state index is 11.3. The summed E-state index contributed by atoms with van der Waals surface area (Å²) in [5.74, 6) is -0.417. The number of phenols is 1. The molecule has 6 heteroatoms. The second kappa shape index (κ2) is 4.85. The van der Waals surface area contributed by atoms with E-state index >= 15 is 0 Å². The number of benzene rings is 1. The first-order valence-electron chi connectivity index (χ1n) is 5.37. The van der Waals surface area contributed by atoms with Gasteiger partial charge in [-0.2, -0.15) is 5.48 Å². The second-order valence-corrected chi connectivity index (χ2v) is 3.92. The van der Waals surface area contributed by atoms with Crippen molar-refractivity contribution in [1.29, 1.82) is 0 Å². The number of nitrogens with one attached hydrogen (secondary N) is 1. The van der Waals surface area contributed by atoms with Gasteiger partial charge in [0.25, 0.3) is 5.91 Å². The van der Waals surface area contributed by atoms with Gasteiger partial charge in [0, 0.05) is 11.6 Å². The molecule has 0 saturated heterocycles. The number of hydrogen-bond donors (Lipinski definition) is 2. The highest BCUT2D eigenvalue weighted by Crippen LogP contribution is 2.26. The predicted molar refractivity (Wildman–Crippen MR) is 67.7 cm³/mol. The first kappa shape index (κ1) is 12.7. The molecule has 0 aliphatic carbocycles. The number of fused-ring (bicyclic) bond motifs is 1. The molecule has 0 fully saturated rings. The van der Waals surface area contributed by atoms with Crippen molar-refractivity contribution in [3.8, 4) is 11.5 Å². The normalized spacial score (nSPS) is 10.2. The Kier molecular flexibility index (Phi) is 3.24. The zero-order valence-corrected chi connectivity index (χ0v) is 10.1. The van der Waals surface area contributed by atoms with Gasteiger partial charge in [0.2, 0.25) is 0 Å². The van der Waals surface area contributed by atoms with Crippen molar-refractivity contribution in [2.24, 2.45) is 0 Å². The molecule has 0 atom stereocenters. The van der Waals surface area contributed by atoms with Crippen LogP contribution in [0.25, 0.3) is 11.0 Å². The van der Waals surface area contributed by atoms with Crippen LogP contribution in [0.15, 0.2) is 45.6 Å². The number of phenolic OH excluding ortho intramolecular Hbond substituents is 1. The van der Waals surface area contributed by atoms with E-state index in [2.05, 4.69) is 12.1 Å². The molecule has 98 valence electrons. The van der Waals surface area contributed by atoms with Gasteiger partial charge in [-0.25, -0.2) is 4.79 Å². The molecule has 1 amide bonds. The molecule has 0 spiro atoms. The van der Waals surface area contributed by atoms with Crippen molar-refractivity contribution in [2.75, 3.05) is 0 Å². The first-order chi connectivity index (χ1) is 8.97. The third kappa shape index (κ3) is 2.74. The Hall–Kier alpha value is -2.76. The van der Waals surface area contributed by atoms with E-state index in [1.54, 1.807) is 0 Å². The van der Waals surface area contributed by atoms with Gasteiger partial charge >= 0.3 is 5.63 Å². The largest absolute Gasteiger partial charge is 0.508 e. The summed E-state index contributed by atoms with van der Waals surface area (Å²) in [5.41, 5.74) is 1.92. The Morgan fingerprint density at radius 1 is 1.42 bits per heavy atom. The summed E-state index contributed by atoms with van der Waals surface area (Å²) < 4.78 is 4.91. The monoisotopic (exact) mass is 261 g/mol. The fourth-order valence-electron chi connectivity index (χ4n) is 1.39. The van der Waals surface area contributed by atoms with Crippen LogP contribution in [0.3, 0.4) is 0 Å². The first-order valence-corrected chi connectivity index (χ1v) is 5.37. The van der Waals surface area contributed by atoms with Crippen LogP contribution in [-0.2, 0) is 4.79 Å². The minimum atomic E-state index is -0.655. The van der Waals surface area contributed by atoms with Crippen LogP contribution < -0.4 is 15.9 Å². The van der Waals surface area contributed by atoms with Crippen molar-refractivity contribution < 1.29 is 19.2 Å². The van der Waals surface area contributed by atoms with Crippen LogP contribution >= 0.6 is 0 Å². The van der Waals surface area contributed by atoms with E-state index in [0.29, 0.717) is 5.39 Å². The number of aromatic hydroxyl groups is 1. The lowest BCUT2D eigenvalue weighted by atomic mass is 10.2. The third-order valence-corrected chi connectivity index (χ3v) is 2.33.